The van der Waals surface area contributed by atoms with Crippen LogP contribution in [0.3, 0.4) is 0 Å². The van der Waals surface area contributed by atoms with E-state index in [4.69, 9.17) is 11.6 Å². The van der Waals surface area contributed by atoms with Gasteiger partial charge in [0.25, 0.3) is 5.91 Å². The molecule has 1 atom stereocenters. The van der Waals surface area contributed by atoms with Crippen LogP contribution in [0.1, 0.15) is 23.2 Å². The third kappa shape index (κ3) is 5.07. The Labute approximate surface area is 167 Å². The summed E-state index contributed by atoms with van der Waals surface area (Å²) < 4.78 is 40.4. The van der Waals surface area contributed by atoms with Gasteiger partial charge in [0.15, 0.2) is 5.82 Å². The largest absolute Gasteiger partial charge is 0.340 e. The summed E-state index contributed by atoms with van der Waals surface area (Å²) in [5.74, 6) is -2.05. The van der Waals surface area contributed by atoms with E-state index in [9.17, 15) is 17.6 Å². The van der Waals surface area contributed by atoms with E-state index >= 15 is 0 Å². The fraction of sp³-hybridized carbons (Fsp3) is 0.412. The summed E-state index contributed by atoms with van der Waals surface area (Å²) >= 11 is 5.90. The molecule has 0 radical (unpaired) electrons. The van der Waals surface area contributed by atoms with Gasteiger partial charge < -0.3 is 9.88 Å². The number of benzene rings is 1. The highest BCUT2D eigenvalue weighted by molar-refractivity contribution is 7.89. The van der Waals surface area contributed by atoms with Gasteiger partial charge in [-0.2, -0.15) is 0 Å². The number of halogens is 2. The van der Waals surface area contributed by atoms with Gasteiger partial charge in [0.2, 0.25) is 10.0 Å². The second kappa shape index (κ2) is 8.56. The zero-order valence-corrected chi connectivity index (χ0v) is 16.8. The molecule has 0 spiro atoms. The van der Waals surface area contributed by atoms with Crippen molar-refractivity contribution in [1.82, 2.24) is 25.1 Å². The van der Waals surface area contributed by atoms with Crippen molar-refractivity contribution in [1.29, 1.82) is 0 Å². The number of aryl methyl sites for hydroxylation is 1. The van der Waals surface area contributed by atoms with Gasteiger partial charge in [-0.1, -0.05) is 11.6 Å². The van der Waals surface area contributed by atoms with E-state index in [1.807, 2.05) is 4.83 Å². The number of hydrazine groups is 1. The first-order valence-electron chi connectivity index (χ1n) is 8.73. The molecule has 0 saturated carbocycles. The average Bonchev–Trinajstić information content (AvgIpc) is 3.09. The molecule has 2 aromatic rings. The number of imidazole rings is 1. The summed E-state index contributed by atoms with van der Waals surface area (Å²) in [5.41, 5.74) is 2.62. The zero-order chi connectivity index (χ0) is 20.3. The molecule has 1 aliphatic heterocycles. The summed E-state index contributed by atoms with van der Waals surface area (Å²) in [6.45, 7) is 1.47. The molecule has 2 heterocycles. The second-order valence-corrected chi connectivity index (χ2v) is 8.97. The summed E-state index contributed by atoms with van der Waals surface area (Å²) in [6, 6.07) is 2.63. The van der Waals surface area contributed by atoms with Crippen LogP contribution in [-0.4, -0.2) is 42.7 Å². The Morgan fingerprint density at radius 3 is 2.89 bits per heavy atom. The summed E-state index contributed by atoms with van der Waals surface area (Å²) in [4.78, 5) is 18.5. The lowest BCUT2D eigenvalue weighted by molar-refractivity contribution is 0.0941. The fourth-order valence-electron chi connectivity index (χ4n) is 3.07. The number of nitrogens with one attached hydrogen (secondary N) is 3. The van der Waals surface area contributed by atoms with E-state index in [0.29, 0.717) is 17.8 Å². The molecule has 3 rings (SSSR count). The highest BCUT2D eigenvalue weighted by Crippen LogP contribution is 2.27. The van der Waals surface area contributed by atoms with Crippen LogP contribution in [0.25, 0.3) is 11.3 Å². The Bertz CT molecular complexity index is 973. The summed E-state index contributed by atoms with van der Waals surface area (Å²) in [6.07, 6.45) is 4.93. The first-order valence-corrected chi connectivity index (χ1v) is 10.8. The molecule has 0 bridgehead atoms. The van der Waals surface area contributed by atoms with Gasteiger partial charge in [-0.15, -0.1) is 4.83 Å². The predicted molar refractivity (Wildman–Crippen MR) is 104 cm³/mol. The number of amides is 1. The standard InChI is InChI=1S/C17H21ClFN5O3S/c1-24-8-15(21-10-24)12-5-13(16(19)14(18)6-12)17(25)22-23-28(26,27)9-11-3-2-4-20-7-11/h5-6,8,10-11,20,23H,2-4,7,9H2,1H3,(H,22,25). The number of sulfonamides is 1. The second-order valence-electron chi connectivity index (χ2n) is 6.79. The van der Waals surface area contributed by atoms with Crippen LogP contribution in [0.5, 0.6) is 0 Å². The molecule has 28 heavy (non-hydrogen) atoms. The Kier molecular flexibility index (Phi) is 6.33. The van der Waals surface area contributed by atoms with Gasteiger partial charge in [-0.25, -0.2) is 17.8 Å². The van der Waals surface area contributed by atoms with Crippen LogP contribution in [0.4, 0.5) is 4.39 Å². The van der Waals surface area contributed by atoms with E-state index < -0.39 is 21.7 Å². The van der Waals surface area contributed by atoms with Crippen LogP contribution in [0, 0.1) is 11.7 Å². The van der Waals surface area contributed by atoms with Crippen LogP contribution in [0.15, 0.2) is 24.7 Å². The Morgan fingerprint density at radius 1 is 1.46 bits per heavy atom. The maximum atomic E-state index is 14.3. The molecular weight excluding hydrogens is 409 g/mol. The number of hydrogen-bond donors (Lipinski definition) is 3. The third-order valence-corrected chi connectivity index (χ3v) is 6.05. The molecule has 1 saturated heterocycles. The van der Waals surface area contributed by atoms with Crippen molar-refractivity contribution in [2.45, 2.75) is 12.8 Å². The number of hydrogen-bond acceptors (Lipinski definition) is 5. The highest BCUT2D eigenvalue weighted by atomic mass is 35.5. The fourth-order valence-corrected chi connectivity index (χ4v) is 4.53. The van der Waals surface area contributed by atoms with Crippen molar-refractivity contribution in [3.05, 3.63) is 41.1 Å². The topological polar surface area (TPSA) is 105 Å². The normalized spacial score (nSPS) is 17.5. The maximum Gasteiger partial charge on any atom is 0.269 e. The monoisotopic (exact) mass is 429 g/mol. The van der Waals surface area contributed by atoms with E-state index in [0.717, 1.165) is 19.4 Å². The van der Waals surface area contributed by atoms with Crippen molar-refractivity contribution in [2.75, 3.05) is 18.8 Å². The van der Waals surface area contributed by atoms with Crippen molar-refractivity contribution in [3.63, 3.8) is 0 Å². The number of nitrogens with zero attached hydrogens (tertiary/aromatic N) is 2. The van der Waals surface area contributed by atoms with Crippen molar-refractivity contribution in [3.8, 4) is 11.3 Å². The molecule has 1 aromatic carbocycles. The molecule has 1 amide bonds. The lowest BCUT2D eigenvalue weighted by Gasteiger charge is -2.22. The van der Waals surface area contributed by atoms with Crippen LogP contribution in [-0.2, 0) is 17.1 Å². The molecule has 1 fully saturated rings. The average molecular weight is 430 g/mol. The van der Waals surface area contributed by atoms with Gasteiger partial charge in [0.05, 0.1) is 28.4 Å². The third-order valence-electron chi connectivity index (χ3n) is 4.45. The molecule has 152 valence electrons. The lowest BCUT2D eigenvalue weighted by atomic mass is 10.0. The molecule has 8 nitrogen and oxygen atoms in total. The minimum atomic E-state index is -3.76. The first-order chi connectivity index (χ1) is 13.2. The molecule has 1 aliphatic rings. The van der Waals surface area contributed by atoms with Gasteiger partial charge >= 0.3 is 0 Å². The number of aromatic nitrogens is 2. The minimum Gasteiger partial charge on any atom is -0.340 e. The van der Waals surface area contributed by atoms with Gasteiger partial charge in [0.1, 0.15) is 0 Å². The van der Waals surface area contributed by atoms with E-state index in [-0.39, 0.29) is 22.3 Å². The van der Waals surface area contributed by atoms with Gasteiger partial charge in [0, 0.05) is 18.8 Å². The smallest absolute Gasteiger partial charge is 0.269 e. The molecule has 1 aromatic heterocycles. The van der Waals surface area contributed by atoms with Gasteiger partial charge in [-0.3, -0.25) is 10.2 Å². The number of carbonyl (C=O) groups excluding carboxylic acids is 1. The van der Waals surface area contributed by atoms with E-state index in [1.165, 1.54) is 12.1 Å². The molecule has 0 aliphatic carbocycles. The van der Waals surface area contributed by atoms with Crippen LogP contribution in [0.2, 0.25) is 5.02 Å². The van der Waals surface area contributed by atoms with Crippen LogP contribution < -0.4 is 15.6 Å². The van der Waals surface area contributed by atoms with E-state index in [2.05, 4.69) is 15.7 Å². The summed E-state index contributed by atoms with van der Waals surface area (Å²) in [5, 5.41) is 2.87. The summed E-state index contributed by atoms with van der Waals surface area (Å²) in [7, 11) is -1.99. The molecule has 3 N–H and O–H groups in total. The molecular formula is C17H21ClFN5O3S. The number of piperidine rings is 1. The molecule has 11 heteroatoms. The Hall–Kier alpha value is -2.01. The van der Waals surface area contributed by atoms with Crippen LogP contribution >= 0.6 is 11.6 Å². The highest BCUT2D eigenvalue weighted by Gasteiger charge is 2.23. The van der Waals surface area contributed by atoms with E-state index in [1.54, 1.807) is 24.1 Å². The van der Waals surface area contributed by atoms with Crippen molar-refractivity contribution >= 4 is 27.5 Å². The van der Waals surface area contributed by atoms with Crippen molar-refractivity contribution in [2.24, 2.45) is 13.0 Å². The van der Waals surface area contributed by atoms with Crippen molar-refractivity contribution < 1.29 is 17.6 Å². The Balaban J connectivity index is 1.72. The maximum absolute atomic E-state index is 14.3. The quantitative estimate of drug-likeness (QED) is 0.603. The number of rotatable bonds is 6. The Morgan fingerprint density at radius 2 is 2.25 bits per heavy atom. The predicted octanol–water partition coefficient (Wildman–Crippen LogP) is 1.44. The SMILES string of the molecule is Cn1cnc(-c2cc(Cl)c(F)c(C(=O)NNS(=O)(=O)CC3CCCNC3)c2)c1. The lowest BCUT2D eigenvalue weighted by Crippen LogP contribution is -2.45. The molecule has 1 unspecified atom stereocenters. The first kappa shape index (κ1) is 20.7. The minimum absolute atomic E-state index is 0.0400. The number of carbonyl (C=O) groups is 1. The zero-order valence-electron chi connectivity index (χ0n) is 15.2. The van der Waals surface area contributed by atoms with Gasteiger partial charge in [-0.05, 0) is 44.0 Å².